The molecule has 5 heteroatoms. The molecule has 0 aromatic heterocycles. The van der Waals surface area contributed by atoms with Crippen LogP contribution in [-0.4, -0.2) is 35.2 Å². The predicted octanol–water partition coefficient (Wildman–Crippen LogP) is 1.03. The maximum atomic E-state index is 11.4. The van der Waals surface area contributed by atoms with E-state index in [1.54, 1.807) is 13.8 Å². The first-order valence-corrected chi connectivity index (χ1v) is 5.29. The number of carboxylic acid groups (broad SMARTS) is 1. The molecule has 0 spiro atoms. The van der Waals surface area contributed by atoms with Crippen LogP contribution in [0, 0.1) is 5.92 Å². The van der Waals surface area contributed by atoms with Crippen LogP contribution in [0.15, 0.2) is 0 Å². The summed E-state index contributed by atoms with van der Waals surface area (Å²) in [5, 5.41) is 11.3. The highest BCUT2D eigenvalue weighted by Gasteiger charge is 2.21. The van der Waals surface area contributed by atoms with Gasteiger partial charge in [0.15, 0.2) is 0 Å². The Morgan fingerprint density at radius 2 is 1.81 bits per heavy atom. The number of carbonyl (C=O) groups excluding carboxylic acids is 1. The van der Waals surface area contributed by atoms with Crippen LogP contribution in [-0.2, 0) is 14.3 Å². The van der Waals surface area contributed by atoms with Crippen LogP contribution in [0.4, 0.5) is 0 Å². The number of rotatable bonds is 5. The lowest BCUT2D eigenvalue weighted by Crippen LogP contribution is -2.42. The SMILES string of the molecule is CC(NC(=O)COC(C)(C)C)C(C)C(=O)O. The molecule has 0 radical (unpaired) electrons. The molecular weight excluding hydrogens is 210 g/mol. The van der Waals surface area contributed by atoms with E-state index in [2.05, 4.69) is 5.32 Å². The van der Waals surface area contributed by atoms with Crippen LogP contribution < -0.4 is 5.32 Å². The van der Waals surface area contributed by atoms with Gasteiger partial charge in [-0.15, -0.1) is 0 Å². The molecule has 0 saturated carbocycles. The van der Waals surface area contributed by atoms with Crippen LogP contribution in [0.1, 0.15) is 34.6 Å². The molecule has 0 aliphatic carbocycles. The highest BCUT2D eigenvalue weighted by Crippen LogP contribution is 2.06. The van der Waals surface area contributed by atoms with E-state index < -0.39 is 17.9 Å². The molecule has 0 rings (SSSR count). The Balaban J connectivity index is 4.01. The van der Waals surface area contributed by atoms with Crippen molar-refractivity contribution >= 4 is 11.9 Å². The second-order valence-corrected chi connectivity index (χ2v) is 4.88. The number of nitrogens with one attached hydrogen (secondary N) is 1. The number of ether oxygens (including phenoxy) is 1. The number of amides is 1. The summed E-state index contributed by atoms with van der Waals surface area (Å²) in [5.41, 5.74) is -0.376. The van der Waals surface area contributed by atoms with Gasteiger partial charge in [0.1, 0.15) is 6.61 Å². The van der Waals surface area contributed by atoms with Crippen LogP contribution in [0.2, 0.25) is 0 Å². The van der Waals surface area contributed by atoms with E-state index >= 15 is 0 Å². The van der Waals surface area contributed by atoms with Gasteiger partial charge in [0.25, 0.3) is 0 Å². The fraction of sp³-hybridized carbons (Fsp3) is 0.818. The highest BCUT2D eigenvalue weighted by molar-refractivity contribution is 5.79. The Labute approximate surface area is 96.2 Å². The predicted molar refractivity (Wildman–Crippen MR) is 60.1 cm³/mol. The fourth-order valence-corrected chi connectivity index (χ4v) is 0.917. The monoisotopic (exact) mass is 231 g/mol. The van der Waals surface area contributed by atoms with Gasteiger partial charge >= 0.3 is 5.97 Å². The molecule has 0 bridgehead atoms. The third kappa shape index (κ3) is 6.40. The highest BCUT2D eigenvalue weighted by atomic mass is 16.5. The first-order chi connectivity index (χ1) is 7.13. The second-order valence-electron chi connectivity index (χ2n) is 4.88. The van der Waals surface area contributed by atoms with Crippen LogP contribution in [0.3, 0.4) is 0 Å². The average Bonchev–Trinajstić information content (AvgIpc) is 2.12. The maximum Gasteiger partial charge on any atom is 0.308 e. The smallest absolute Gasteiger partial charge is 0.308 e. The van der Waals surface area contributed by atoms with Crippen molar-refractivity contribution in [3.8, 4) is 0 Å². The topological polar surface area (TPSA) is 75.6 Å². The van der Waals surface area contributed by atoms with Gasteiger partial charge in [-0.25, -0.2) is 0 Å². The van der Waals surface area contributed by atoms with Crippen molar-refractivity contribution in [3.05, 3.63) is 0 Å². The minimum atomic E-state index is -0.926. The lowest BCUT2D eigenvalue weighted by atomic mass is 10.0. The Morgan fingerprint density at radius 3 is 2.19 bits per heavy atom. The lowest BCUT2D eigenvalue weighted by molar-refractivity contribution is -0.142. The summed E-state index contributed by atoms with van der Waals surface area (Å²) in [6.45, 7) is 8.71. The molecule has 0 fully saturated rings. The van der Waals surface area contributed by atoms with Crippen molar-refractivity contribution in [2.24, 2.45) is 5.92 Å². The van der Waals surface area contributed by atoms with E-state index in [0.717, 1.165) is 0 Å². The van der Waals surface area contributed by atoms with Gasteiger partial charge in [-0.1, -0.05) is 0 Å². The van der Waals surface area contributed by atoms with Gasteiger partial charge in [-0.05, 0) is 34.6 Å². The van der Waals surface area contributed by atoms with Gasteiger partial charge in [-0.3, -0.25) is 9.59 Å². The molecule has 0 aromatic carbocycles. The zero-order chi connectivity index (χ0) is 12.9. The quantitative estimate of drug-likeness (QED) is 0.741. The van der Waals surface area contributed by atoms with E-state index in [-0.39, 0.29) is 18.1 Å². The molecule has 1 amide bonds. The van der Waals surface area contributed by atoms with E-state index in [9.17, 15) is 9.59 Å². The van der Waals surface area contributed by atoms with E-state index in [4.69, 9.17) is 9.84 Å². The molecule has 0 aliphatic rings. The summed E-state index contributed by atoms with van der Waals surface area (Å²) >= 11 is 0. The van der Waals surface area contributed by atoms with Crippen LogP contribution in [0.5, 0.6) is 0 Å². The minimum absolute atomic E-state index is 0.0554. The number of carboxylic acids is 1. The first kappa shape index (κ1) is 14.9. The molecule has 5 nitrogen and oxygen atoms in total. The van der Waals surface area contributed by atoms with Gasteiger partial charge in [0.05, 0.1) is 11.5 Å². The Hall–Kier alpha value is -1.10. The first-order valence-electron chi connectivity index (χ1n) is 5.29. The number of aliphatic carboxylic acids is 1. The molecule has 16 heavy (non-hydrogen) atoms. The number of hydrogen-bond donors (Lipinski definition) is 2. The van der Waals surface area contributed by atoms with Crippen molar-refractivity contribution in [3.63, 3.8) is 0 Å². The molecule has 2 atom stereocenters. The van der Waals surface area contributed by atoms with Crippen molar-refractivity contribution in [2.75, 3.05) is 6.61 Å². The summed E-state index contributed by atoms with van der Waals surface area (Å²) in [5.74, 6) is -1.83. The Morgan fingerprint density at radius 1 is 1.31 bits per heavy atom. The van der Waals surface area contributed by atoms with Crippen LogP contribution >= 0.6 is 0 Å². The average molecular weight is 231 g/mol. The summed E-state index contributed by atoms with van der Waals surface area (Å²) < 4.78 is 5.27. The summed E-state index contributed by atoms with van der Waals surface area (Å²) in [4.78, 5) is 22.1. The molecular formula is C11H21NO4. The standard InChI is InChI=1S/C11H21NO4/c1-7(10(14)15)8(2)12-9(13)6-16-11(3,4)5/h7-8H,6H2,1-5H3,(H,12,13)(H,14,15). The molecule has 2 unspecified atom stereocenters. The zero-order valence-electron chi connectivity index (χ0n) is 10.5. The zero-order valence-corrected chi connectivity index (χ0v) is 10.5. The second kappa shape index (κ2) is 5.84. The Bertz CT molecular complexity index is 257. The summed E-state index contributed by atoms with van der Waals surface area (Å²) in [6.07, 6.45) is 0. The van der Waals surface area contributed by atoms with E-state index in [0.29, 0.717) is 0 Å². The molecule has 94 valence electrons. The van der Waals surface area contributed by atoms with Crippen molar-refractivity contribution in [1.29, 1.82) is 0 Å². The normalized spacial score (nSPS) is 15.3. The minimum Gasteiger partial charge on any atom is -0.481 e. The molecule has 2 N–H and O–H groups in total. The van der Waals surface area contributed by atoms with Gasteiger partial charge < -0.3 is 15.2 Å². The number of carbonyl (C=O) groups is 2. The van der Waals surface area contributed by atoms with Gasteiger partial charge in [0, 0.05) is 6.04 Å². The third-order valence-corrected chi connectivity index (χ3v) is 2.16. The van der Waals surface area contributed by atoms with Gasteiger partial charge in [-0.2, -0.15) is 0 Å². The molecule has 0 aliphatic heterocycles. The molecule has 0 aromatic rings. The fourth-order valence-electron chi connectivity index (χ4n) is 0.917. The van der Waals surface area contributed by atoms with E-state index in [1.165, 1.54) is 0 Å². The maximum absolute atomic E-state index is 11.4. The van der Waals surface area contributed by atoms with Crippen molar-refractivity contribution in [1.82, 2.24) is 5.32 Å². The van der Waals surface area contributed by atoms with Gasteiger partial charge in [0.2, 0.25) is 5.91 Å². The number of hydrogen-bond acceptors (Lipinski definition) is 3. The summed E-state index contributed by atoms with van der Waals surface area (Å²) in [6, 6.07) is -0.409. The summed E-state index contributed by atoms with van der Waals surface area (Å²) in [7, 11) is 0. The lowest BCUT2D eigenvalue weighted by Gasteiger charge is -2.21. The largest absolute Gasteiger partial charge is 0.481 e. The Kier molecular flexibility index (Phi) is 5.44. The van der Waals surface area contributed by atoms with E-state index in [1.807, 2.05) is 20.8 Å². The van der Waals surface area contributed by atoms with Crippen molar-refractivity contribution < 1.29 is 19.4 Å². The third-order valence-electron chi connectivity index (χ3n) is 2.16. The van der Waals surface area contributed by atoms with Crippen LogP contribution in [0.25, 0.3) is 0 Å². The van der Waals surface area contributed by atoms with Crippen molar-refractivity contribution in [2.45, 2.75) is 46.3 Å². The molecule has 0 heterocycles. The molecule has 0 saturated heterocycles.